The van der Waals surface area contributed by atoms with Crippen molar-refractivity contribution in [2.45, 2.75) is 38.5 Å². The van der Waals surface area contributed by atoms with Crippen LogP contribution < -0.4 is 9.64 Å². The number of rotatable bonds is 6. The lowest BCUT2D eigenvalue weighted by atomic mass is 10.0. The minimum Gasteiger partial charge on any atom is -0.484 e. The summed E-state index contributed by atoms with van der Waals surface area (Å²) in [6.07, 6.45) is 1.99. The second-order valence-electron chi connectivity index (χ2n) is 7.09. The Hall–Kier alpha value is -2.80. The number of anilines is 1. The van der Waals surface area contributed by atoms with Crippen LogP contribution in [0, 0.1) is 13.8 Å². The van der Waals surface area contributed by atoms with Crippen LogP contribution >= 0.6 is 11.8 Å². The summed E-state index contributed by atoms with van der Waals surface area (Å²) < 4.78 is 11.4. The van der Waals surface area contributed by atoms with Gasteiger partial charge in [-0.1, -0.05) is 42.1 Å². The standard InChI is InChI=1S/C22H23N3O3S/c1-15-9-10-16(2)19(12-15)27-13-20-23-24-22(28-20)29-14-21(26)25-11-5-7-17-6-3-4-8-18(17)25/h3-4,6,8-10,12H,5,7,11,13-14H2,1-2H3. The lowest BCUT2D eigenvalue weighted by molar-refractivity contribution is -0.116. The fraction of sp³-hybridized carbons (Fsp3) is 0.318. The molecule has 0 saturated carbocycles. The van der Waals surface area contributed by atoms with E-state index in [1.165, 1.54) is 17.3 Å². The van der Waals surface area contributed by atoms with Gasteiger partial charge in [0, 0.05) is 12.2 Å². The van der Waals surface area contributed by atoms with Crippen LogP contribution in [-0.2, 0) is 17.8 Å². The van der Waals surface area contributed by atoms with Crippen molar-refractivity contribution in [3.8, 4) is 5.75 Å². The average Bonchev–Trinajstić information content (AvgIpc) is 3.20. The van der Waals surface area contributed by atoms with E-state index in [0.717, 1.165) is 42.0 Å². The number of para-hydroxylation sites is 1. The van der Waals surface area contributed by atoms with Crippen molar-refractivity contribution in [1.29, 1.82) is 0 Å². The molecular weight excluding hydrogens is 386 g/mol. The molecule has 1 amide bonds. The van der Waals surface area contributed by atoms with Crippen molar-refractivity contribution in [2.24, 2.45) is 0 Å². The summed E-state index contributed by atoms with van der Waals surface area (Å²) in [6, 6.07) is 14.1. The number of fused-ring (bicyclic) bond motifs is 1. The molecule has 1 aliphatic heterocycles. The second kappa shape index (κ2) is 8.69. The fourth-order valence-electron chi connectivity index (χ4n) is 3.35. The largest absolute Gasteiger partial charge is 0.484 e. The molecule has 6 nitrogen and oxygen atoms in total. The van der Waals surface area contributed by atoms with E-state index >= 15 is 0 Å². The van der Waals surface area contributed by atoms with Crippen molar-refractivity contribution in [3.63, 3.8) is 0 Å². The molecule has 1 aromatic heterocycles. The molecule has 0 spiro atoms. The van der Waals surface area contributed by atoms with Gasteiger partial charge in [-0.25, -0.2) is 0 Å². The number of hydrogen-bond acceptors (Lipinski definition) is 6. The van der Waals surface area contributed by atoms with Crippen molar-refractivity contribution < 1.29 is 13.9 Å². The lowest BCUT2D eigenvalue weighted by Gasteiger charge is -2.29. The number of nitrogens with zero attached hydrogens (tertiary/aromatic N) is 3. The van der Waals surface area contributed by atoms with E-state index in [0.29, 0.717) is 11.1 Å². The van der Waals surface area contributed by atoms with Crippen LogP contribution in [0.2, 0.25) is 0 Å². The fourth-order valence-corrected chi connectivity index (χ4v) is 4.01. The number of hydrogen-bond donors (Lipinski definition) is 0. The molecule has 1 aliphatic rings. The van der Waals surface area contributed by atoms with Gasteiger partial charge in [-0.2, -0.15) is 0 Å². The number of ether oxygens (including phenoxy) is 1. The van der Waals surface area contributed by atoms with Crippen molar-refractivity contribution in [1.82, 2.24) is 10.2 Å². The Bertz CT molecular complexity index is 1020. The summed E-state index contributed by atoms with van der Waals surface area (Å²) in [4.78, 5) is 14.6. The van der Waals surface area contributed by atoms with Gasteiger partial charge in [0.05, 0.1) is 5.75 Å². The summed E-state index contributed by atoms with van der Waals surface area (Å²) in [5.41, 5.74) is 4.42. The Morgan fingerprint density at radius 3 is 2.97 bits per heavy atom. The first kappa shape index (κ1) is 19.5. The zero-order chi connectivity index (χ0) is 20.2. The van der Waals surface area contributed by atoms with Crippen LogP contribution in [0.15, 0.2) is 52.1 Å². The lowest BCUT2D eigenvalue weighted by Crippen LogP contribution is -2.36. The third kappa shape index (κ3) is 4.62. The molecule has 150 valence electrons. The highest BCUT2D eigenvalue weighted by Gasteiger charge is 2.22. The first-order chi connectivity index (χ1) is 14.1. The predicted octanol–water partition coefficient (Wildman–Crippen LogP) is 4.34. The predicted molar refractivity (Wildman–Crippen MR) is 112 cm³/mol. The normalized spacial score (nSPS) is 13.2. The zero-order valence-corrected chi connectivity index (χ0v) is 17.4. The highest BCUT2D eigenvalue weighted by atomic mass is 32.2. The molecule has 2 heterocycles. The summed E-state index contributed by atoms with van der Waals surface area (Å²) in [5, 5.41) is 8.43. The number of amides is 1. The van der Waals surface area contributed by atoms with Gasteiger partial charge < -0.3 is 14.1 Å². The van der Waals surface area contributed by atoms with Gasteiger partial charge in [-0.15, -0.1) is 10.2 Å². The Morgan fingerprint density at radius 1 is 1.21 bits per heavy atom. The highest BCUT2D eigenvalue weighted by Crippen LogP contribution is 2.28. The molecule has 0 atom stereocenters. The van der Waals surface area contributed by atoms with Gasteiger partial charge in [0.15, 0.2) is 6.61 Å². The van der Waals surface area contributed by atoms with Crippen molar-refractivity contribution >= 4 is 23.4 Å². The van der Waals surface area contributed by atoms with E-state index in [-0.39, 0.29) is 18.3 Å². The van der Waals surface area contributed by atoms with Crippen LogP contribution in [0.25, 0.3) is 0 Å². The first-order valence-corrected chi connectivity index (χ1v) is 10.6. The molecular formula is C22H23N3O3S. The van der Waals surface area contributed by atoms with Crippen LogP contribution in [0.4, 0.5) is 5.69 Å². The molecule has 2 aromatic carbocycles. The van der Waals surface area contributed by atoms with E-state index in [2.05, 4.69) is 16.3 Å². The summed E-state index contributed by atoms with van der Waals surface area (Å²) in [5.74, 6) is 1.50. The quantitative estimate of drug-likeness (QED) is 0.564. The average molecular weight is 410 g/mol. The van der Waals surface area contributed by atoms with Crippen LogP contribution in [-0.4, -0.2) is 28.4 Å². The molecule has 0 bridgehead atoms. The van der Waals surface area contributed by atoms with Gasteiger partial charge >= 0.3 is 0 Å². The molecule has 0 radical (unpaired) electrons. The minimum absolute atomic E-state index is 0.0496. The molecule has 0 N–H and O–H groups in total. The van der Waals surface area contributed by atoms with Gasteiger partial charge in [-0.05, 0) is 55.5 Å². The summed E-state index contributed by atoms with van der Waals surface area (Å²) >= 11 is 1.26. The molecule has 0 aliphatic carbocycles. The van der Waals surface area contributed by atoms with Gasteiger partial charge in [0.25, 0.3) is 11.1 Å². The third-order valence-corrected chi connectivity index (χ3v) is 5.68. The van der Waals surface area contributed by atoms with Gasteiger partial charge in [0.2, 0.25) is 5.91 Å². The van der Waals surface area contributed by atoms with Crippen LogP contribution in [0.5, 0.6) is 5.75 Å². The highest BCUT2D eigenvalue weighted by molar-refractivity contribution is 7.99. The Kier molecular flexibility index (Phi) is 5.85. The summed E-state index contributed by atoms with van der Waals surface area (Å²) in [6.45, 7) is 4.96. The Balaban J connectivity index is 1.33. The monoisotopic (exact) mass is 409 g/mol. The topological polar surface area (TPSA) is 68.5 Å². The number of thioether (sulfide) groups is 1. The van der Waals surface area contributed by atoms with E-state index < -0.39 is 0 Å². The molecule has 4 rings (SSSR count). The number of aromatic nitrogens is 2. The maximum absolute atomic E-state index is 12.7. The second-order valence-corrected chi connectivity index (χ2v) is 8.01. The first-order valence-electron chi connectivity index (χ1n) is 9.63. The van der Waals surface area contributed by atoms with Crippen LogP contribution in [0.1, 0.15) is 29.0 Å². The van der Waals surface area contributed by atoms with Gasteiger partial charge in [-0.3, -0.25) is 4.79 Å². The van der Waals surface area contributed by atoms with Crippen molar-refractivity contribution in [3.05, 3.63) is 65.0 Å². The zero-order valence-electron chi connectivity index (χ0n) is 16.6. The molecule has 0 unspecified atom stereocenters. The molecule has 7 heteroatoms. The molecule has 0 saturated heterocycles. The van der Waals surface area contributed by atoms with Gasteiger partial charge in [0.1, 0.15) is 5.75 Å². The third-order valence-electron chi connectivity index (χ3n) is 4.87. The number of benzene rings is 2. The van der Waals surface area contributed by atoms with E-state index in [4.69, 9.17) is 9.15 Å². The maximum Gasteiger partial charge on any atom is 0.277 e. The SMILES string of the molecule is Cc1ccc(C)c(OCc2nnc(SCC(=O)N3CCCc4ccccc43)o2)c1. The number of aryl methyl sites for hydroxylation is 3. The maximum atomic E-state index is 12.7. The smallest absolute Gasteiger partial charge is 0.277 e. The van der Waals surface area contributed by atoms with Crippen molar-refractivity contribution in [2.75, 3.05) is 17.2 Å². The van der Waals surface area contributed by atoms with E-state index in [1.54, 1.807) is 0 Å². The van der Waals surface area contributed by atoms with Crippen LogP contribution in [0.3, 0.4) is 0 Å². The summed E-state index contributed by atoms with van der Waals surface area (Å²) in [7, 11) is 0. The van der Waals surface area contributed by atoms with E-state index in [1.807, 2.05) is 55.1 Å². The minimum atomic E-state index is 0.0496. The van der Waals surface area contributed by atoms with E-state index in [9.17, 15) is 4.79 Å². The molecule has 3 aromatic rings. The molecule has 0 fully saturated rings. The number of carbonyl (C=O) groups is 1. The Labute approximate surface area is 174 Å². The number of carbonyl (C=O) groups excluding carboxylic acids is 1. The Morgan fingerprint density at radius 2 is 2.07 bits per heavy atom. The molecule has 29 heavy (non-hydrogen) atoms.